The summed E-state index contributed by atoms with van der Waals surface area (Å²) in [5.74, 6) is -0.0434. The van der Waals surface area contributed by atoms with Gasteiger partial charge >= 0.3 is 0 Å². The number of hydrogen-bond acceptors (Lipinski definition) is 7. The van der Waals surface area contributed by atoms with Crippen LogP contribution in [0.1, 0.15) is 48.1 Å². The van der Waals surface area contributed by atoms with Crippen molar-refractivity contribution in [1.82, 2.24) is 9.88 Å². The summed E-state index contributed by atoms with van der Waals surface area (Å²) in [6.45, 7) is 4.71. The van der Waals surface area contributed by atoms with Gasteiger partial charge in [0.15, 0.2) is 11.5 Å². The molecule has 1 aromatic heterocycles. The summed E-state index contributed by atoms with van der Waals surface area (Å²) in [5, 5.41) is 11.5. The minimum Gasteiger partial charge on any atom is -0.507 e. The largest absolute Gasteiger partial charge is 0.507 e. The minimum atomic E-state index is -0.851. The van der Waals surface area contributed by atoms with E-state index in [2.05, 4.69) is 11.9 Å². The lowest BCUT2D eigenvalue weighted by Gasteiger charge is -2.26. The Hall–Kier alpha value is -4.33. The monoisotopic (exact) mass is 516 g/mol. The van der Waals surface area contributed by atoms with E-state index in [-0.39, 0.29) is 17.9 Å². The minimum absolute atomic E-state index is 0.00478. The number of ether oxygens (including phenoxy) is 3. The zero-order valence-electron chi connectivity index (χ0n) is 22.1. The highest BCUT2D eigenvalue weighted by atomic mass is 16.5. The molecule has 1 aliphatic heterocycles. The van der Waals surface area contributed by atoms with Gasteiger partial charge in [-0.1, -0.05) is 25.5 Å². The summed E-state index contributed by atoms with van der Waals surface area (Å²) in [6, 6.07) is 13.2. The molecule has 0 radical (unpaired) electrons. The number of aromatic nitrogens is 1. The Labute approximate surface area is 222 Å². The Morgan fingerprint density at radius 1 is 1.03 bits per heavy atom. The smallest absolute Gasteiger partial charge is 0.295 e. The second-order valence-electron chi connectivity index (χ2n) is 9.08. The summed E-state index contributed by atoms with van der Waals surface area (Å²) in [6.07, 6.45) is 5.24. The van der Waals surface area contributed by atoms with Gasteiger partial charge in [0.1, 0.15) is 11.5 Å². The predicted molar refractivity (Wildman–Crippen MR) is 143 cm³/mol. The van der Waals surface area contributed by atoms with Crippen LogP contribution in [-0.2, 0) is 16.1 Å². The molecule has 1 saturated heterocycles. The summed E-state index contributed by atoms with van der Waals surface area (Å²) in [4.78, 5) is 32.3. The first-order chi connectivity index (χ1) is 18.4. The van der Waals surface area contributed by atoms with Crippen molar-refractivity contribution in [2.75, 3.05) is 20.8 Å². The molecular formula is C30H32N2O6. The van der Waals surface area contributed by atoms with Crippen LogP contribution in [0.25, 0.3) is 5.76 Å². The van der Waals surface area contributed by atoms with Gasteiger partial charge in [0.25, 0.3) is 11.7 Å². The number of amides is 1. The summed E-state index contributed by atoms with van der Waals surface area (Å²) in [7, 11) is 3.05. The number of nitrogens with zero attached hydrogens (tertiary/aromatic N) is 2. The van der Waals surface area contributed by atoms with Crippen LogP contribution in [0.2, 0.25) is 0 Å². The highest BCUT2D eigenvalue weighted by Gasteiger charge is 2.46. The van der Waals surface area contributed by atoms with Crippen LogP contribution < -0.4 is 14.2 Å². The maximum atomic E-state index is 13.4. The normalized spacial score (nSPS) is 16.5. The van der Waals surface area contributed by atoms with E-state index in [9.17, 15) is 14.7 Å². The molecule has 2 heterocycles. The first kappa shape index (κ1) is 26.7. The van der Waals surface area contributed by atoms with Crippen molar-refractivity contribution in [1.29, 1.82) is 0 Å². The summed E-state index contributed by atoms with van der Waals surface area (Å²) >= 11 is 0. The Balaban J connectivity index is 1.82. The molecule has 38 heavy (non-hydrogen) atoms. The number of rotatable bonds is 10. The van der Waals surface area contributed by atoms with E-state index >= 15 is 0 Å². The predicted octanol–water partition coefficient (Wildman–Crippen LogP) is 5.21. The first-order valence-corrected chi connectivity index (χ1v) is 12.5. The van der Waals surface area contributed by atoms with E-state index in [4.69, 9.17) is 14.2 Å². The number of benzene rings is 2. The third kappa shape index (κ3) is 5.34. The van der Waals surface area contributed by atoms with Gasteiger partial charge in [0.05, 0.1) is 32.4 Å². The van der Waals surface area contributed by atoms with Crippen molar-refractivity contribution in [3.05, 3.63) is 88.8 Å². The lowest BCUT2D eigenvalue weighted by Crippen LogP contribution is -2.29. The number of pyridine rings is 1. The maximum Gasteiger partial charge on any atom is 0.295 e. The molecule has 0 bridgehead atoms. The van der Waals surface area contributed by atoms with Gasteiger partial charge in [-0.2, -0.15) is 0 Å². The Morgan fingerprint density at radius 3 is 2.45 bits per heavy atom. The number of hydrogen-bond donors (Lipinski definition) is 1. The molecule has 1 N–H and O–H groups in total. The number of Topliss-reactive ketones (excluding diaryl/α,β-unsaturated/α-hetero) is 1. The average molecular weight is 517 g/mol. The second kappa shape index (κ2) is 11.8. The average Bonchev–Trinajstić information content (AvgIpc) is 3.18. The van der Waals surface area contributed by atoms with Crippen LogP contribution >= 0.6 is 0 Å². The molecule has 198 valence electrons. The highest BCUT2D eigenvalue weighted by molar-refractivity contribution is 6.46. The molecule has 1 amide bonds. The number of methoxy groups -OCH3 is 2. The molecule has 8 heteroatoms. The molecule has 0 unspecified atom stereocenters. The van der Waals surface area contributed by atoms with Crippen LogP contribution in [0.4, 0.5) is 0 Å². The third-order valence-corrected chi connectivity index (χ3v) is 6.54. The zero-order chi connectivity index (χ0) is 27.2. The summed E-state index contributed by atoms with van der Waals surface area (Å²) < 4.78 is 16.7. The molecule has 4 rings (SSSR count). The molecule has 3 aromatic rings. The topological polar surface area (TPSA) is 98.2 Å². The van der Waals surface area contributed by atoms with Crippen LogP contribution in [0.3, 0.4) is 0 Å². The molecule has 1 fully saturated rings. The van der Waals surface area contributed by atoms with Gasteiger partial charge in [-0.25, -0.2) is 0 Å². The molecule has 1 atom stereocenters. The number of carbonyl (C=O) groups excluding carboxylic acids is 2. The zero-order valence-corrected chi connectivity index (χ0v) is 22.1. The number of aliphatic hydroxyl groups is 1. The SMILES string of the molecule is CCCCOc1ccc(/C(O)=C2\C(=O)C(=O)N(Cc3cccnc3)[C@@H]2c2ccc(OC)c(OC)c2)cc1C. The molecule has 2 aromatic carbocycles. The Morgan fingerprint density at radius 2 is 1.79 bits per heavy atom. The van der Waals surface area contributed by atoms with Gasteiger partial charge in [-0.3, -0.25) is 14.6 Å². The summed E-state index contributed by atoms with van der Waals surface area (Å²) in [5.41, 5.74) is 2.60. The lowest BCUT2D eigenvalue weighted by atomic mass is 9.94. The Bertz CT molecular complexity index is 1350. The quantitative estimate of drug-likeness (QED) is 0.171. The van der Waals surface area contributed by atoms with Crippen molar-refractivity contribution in [3.63, 3.8) is 0 Å². The number of aliphatic hydroxyl groups excluding tert-OH is 1. The lowest BCUT2D eigenvalue weighted by molar-refractivity contribution is -0.140. The van der Waals surface area contributed by atoms with Crippen LogP contribution in [0.5, 0.6) is 17.2 Å². The van der Waals surface area contributed by atoms with Crippen LogP contribution in [0, 0.1) is 6.92 Å². The van der Waals surface area contributed by atoms with Gasteiger partial charge in [-0.05, 0) is 66.4 Å². The standard InChI is InChI=1S/C30H32N2O6/c1-5-6-14-38-23-11-10-22(15-19(23)2)28(33)26-27(21-9-12-24(36-3)25(16-21)37-4)32(30(35)29(26)34)18-20-8-7-13-31-17-20/h7-13,15-17,27,33H,5-6,14,18H2,1-4H3/b28-26+/t27-/m1/s1. The fourth-order valence-electron chi connectivity index (χ4n) is 4.54. The van der Waals surface area contributed by atoms with Gasteiger partial charge in [0.2, 0.25) is 0 Å². The van der Waals surface area contributed by atoms with E-state index in [0.29, 0.717) is 35.0 Å². The third-order valence-electron chi connectivity index (χ3n) is 6.54. The van der Waals surface area contributed by atoms with Crippen molar-refractivity contribution in [2.24, 2.45) is 0 Å². The number of unbranched alkanes of at least 4 members (excludes halogenated alkanes) is 1. The van der Waals surface area contributed by atoms with Crippen molar-refractivity contribution in [3.8, 4) is 17.2 Å². The van der Waals surface area contributed by atoms with E-state index < -0.39 is 17.7 Å². The van der Waals surface area contributed by atoms with Crippen molar-refractivity contribution < 1.29 is 28.9 Å². The van der Waals surface area contributed by atoms with Crippen LogP contribution in [0.15, 0.2) is 66.5 Å². The van der Waals surface area contributed by atoms with E-state index in [1.54, 1.807) is 54.9 Å². The number of ketones is 1. The van der Waals surface area contributed by atoms with Crippen molar-refractivity contribution >= 4 is 17.4 Å². The maximum absolute atomic E-state index is 13.4. The van der Waals surface area contributed by atoms with Gasteiger partial charge in [0, 0.05) is 24.5 Å². The number of likely N-dealkylation sites (tertiary alicyclic amines) is 1. The fourth-order valence-corrected chi connectivity index (χ4v) is 4.54. The van der Waals surface area contributed by atoms with Crippen molar-refractivity contribution in [2.45, 2.75) is 39.3 Å². The van der Waals surface area contributed by atoms with Gasteiger partial charge < -0.3 is 24.2 Å². The second-order valence-corrected chi connectivity index (χ2v) is 9.08. The van der Waals surface area contributed by atoms with Gasteiger partial charge in [-0.15, -0.1) is 0 Å². The highest BCUT2D eigenvalue weighted by Crippen LogP contribution is 2.43. The van der Waals surface area contributed by atoms with E-state index in [1.165, 1.54) is 19.1 Å². The molecule has 8 nitrogen and oxygen atoms in total. The molecular weight excluding hydrogens is 484 g/mol. The number of carbonyl (C=O) groups is 2. The molecule has 0 saturated carbocycles. The molecule has 0 aliphatic carbocycles. The van der Waals surface area contributed by atoms with E-state index in [1.807, 2.05) is 13.0 Å². The number of aryl methyl sites for hydroxylation is 1. The van der Waals surface area contributed by atoms with Crippen LogP contribution in [-0.4, -0.2) is 47.5 Å². The molecule has 1 aliphatic rings. The fraction of sp³-hybridized carbons (Fsp3) is 0.300. The Kier molecular flexibility index (Phi) is 8.31. The van der Waals surface area contributed by atoms with E-state index in [0.717, 1.165) is 24.0 Å². The molecule has 0 spiro atoms. The first-order valence-electron chi connectivity index (χ1n) is 12.5.